The van der Waals surface area contributed by atoms with E-state index in [1.165, 1.54) is 7.11 Å². The van der Waals surface area contributed by atoms with Crippen molar-refractivity contribution < 1.29 is 9.47 Å². The van der Waals surface area contributed by atoms with Gasteiger partial charge in [0.25, 0.3) is 0 Å². The molecule has 0 saturated carbocycles. The lowest BCUT2D eigenvalue weighted by Gasteiger charge is -2.15. The van der Waals surface area contributed by atoms with E-state index in [1.54, 1.807) is 0 Å². The Labute approximate surface area is 98.4 Å². The average molecular weight is 245 g/mol. The highest BCUT2D eigenvalue weighted by Gasteiger charge is 2.25. The van der Waals surface area contributed by atoms with Gasteiger partial charge in [0.2, 0.25) is 11.2 Å². The third kappa shape index (κ3) is 2.51. The number of ether oxygens (including phenoxy) is 2. The topological polar surface area (TPSA) is 69.2 Å². The Morgan fingerprint density at radius 3 is 2.88 bits per heavy atom. The van der Waals surface area contributed by atoms with Crippen LogP contribution in [0, 0.1) is 0 Å². The molecule has 16 heavy (non-hydrogen) atoms. The Morgan fingerprint density at radius 2 is 2.25 bits per heavy atom. The van der Waals surface area contributed by atoms with E-state index in [-0.39, 0.29) is 23.4 Å². The summed E-state index contributed by atoms with van der Waals surface area (Å²) >= 11 is 5.74. The lowest BCUT2D eigenvalue weighted by atomic mass is 10.2. The summed E-state index contributed by atoms with van der Waals surface area (Å²) in [7, 11) is 1.48. The summed E-state index contributed by atoms with van der Waals surface area (Å²) in [5, 5.41) is 3.27. The predicted octanol–water partition coefficient (Wildman–Crippen LogP) is 1.12. The first-order chi connectivity index (χ1) is 7.69. The van der Waals surface area contributed by atoms with Gasteiger partial charge in [0.05, 0.1) is 19.3 Å². The van der Waals surface area contributed by atoms with E-state index < -0.39 is 0 Å². The van der Waals surface area contributed by atoms with Crippen molar-refractivity contribution in [1.82, 2.24) is 15.0 Å². The molecule has 2 unspecified atom stereocenters. The summed E-state index contributed by atoms with van der Waals surface area (Å²) in [6, 6.07) is 0.400. The van der Waals surface area contributed by atoms with Crippen LogP contribution in [-0.4, -0.2) is 40.8 Å². The third-order valence-electron chi connectivity index (χ3n) is 2.46. The van der Waals surface area contributed by atoms with Gasteiger partial charge in [0.1, 0.15) is 0 Å². The Morgan fingerprint density at radius 1 is 1.44 bits per heavy atom. The molecule has 0 radical (unpaired) electrons. The van der Waals surface area contributed by atoms with Gasteiger partial charge in [0, 0.05) is 6.61 Å². The van der Waals surface area contributed by atoms with Gasteiger partial charge in [-0.25, -0.2) is 0 Å². The molecule has 1 aliphatic rings. The van der Waals surface area contributed by atoms with Gasteiger partial charge in [-0.05, 0) is 24.9 Å². The van der Waals surface area contributed by atoms with Gasteiger partial charge in [-0.3, -0.25) is 0 Å². The van der Waals surface area contributed by atoms with Gasteiger partial charge in [-0.15, -0.1) is 0 Å². The van der Waals surface area contributed by atoms with Crippen molar-refractivity contribution in [3.05, 3.63) is 5.28 Å². The van der Waals surface area contributed by atoms with Crippen LogP contribution in [0.4, 0.5) is 5.95 Å². The summed E-state index contributed by atoms with van der Waals surface area (Å²) in [6.07, 6.45) is 1.06. The number of hydrogen-bond donors (Lipinski definition) is 1. The average Bonchev–Trinajstić information content (AvgIpc) is 2.63. The second-order valence-corrected chi connectivity index (χ2v) is 3.87. The van der Waals surface area contributed by atoms with Crippen molar-refractivity contribution >= 4 is 17.5 Å². The predicted molar refractivity (Wildman–Crippen MR) is 58.8 cm³/mol. The van der Waals surface area contributed by atoms with Crippen LogP contribution in [-0.2, 0) is 4.74 Å². The van der Waals surface area contributed by atoms with E-state index in [0.29, 0.717) is 5.95 Å². The maximum absolute atomic E-state index is 5.74. The summed E-state index contributed by atoms with van der Waals surface area (Å²) in [5.41, 5.74) is 0. The lowest BCUT2D eigenvalue weighted by molar-refractivity contribution is 0.121. The number of halogens is 1. The van der Waals surface area contributed by atoms with E-state index in [4.69, 9.17) is 21.1 Å². The SMILES string of the molecule is COc1nc(Cl)nc(NC2CCOC2C)n1. The minimum absolute atomic E-state index is 0.112. The second kappa shape index (κ2) is 4.80. The number of methoxy groups -OCH3 is 1. The van der Waals surface area contributed by atoms with Crippen LogP contribution < -0.4 is 10.1 Å². The van der Waals surface area contributed by atoms with Crippen molar-refractivity contribution in [3.63, 3.8) is 0 Å². The molecule has 88 valence electrons. The molecule has 0 aromatic carbocycles. The molecule has 1 N–H and O–H groups in total. The number of aromatic nitrogens is 3. The van der Waals surface area contributed by atoms with Crippen molar-refractivity contribution in [3.8, 4) is 6.01 Å². The molecule has 2 atom stereocenters. The highest BCUT2D eigenvalue weighted by molar-refractivity contribution is 6.28. The molecule has 2 heterocycles. The molecule has 1 saturated heterocycles. The summed E-state index contributed by atoms with van der Waals surface area (Å²) in [6.45, 7) is 2.75. The van der Waals surface area contributed by atoms with Crippen LogP contribution in [0.3, 0.4) is 0 Å². The number of anilines is 1. The van der Waals surface area contributed by atoms with Gasteiger partial charge < -0.3 is 14.8 Å². The molecule has 7 heteroatoms. The minimum Gasteiger partial charge on any atom is -0.467 e. The quantitative estimate of drug-likeness (QED) is 0.860. The zero-order valence-corrected chi connectivity index (χ0v) is 9.86. The normalized spacial score (nSPS) is 24.4. The van der Waals surface area contributed by atoms with Gasteiger partial charge in [0.15, 0.2) is 0 Å². The van der Waals surface area contributed by atoms with Crippen LogP contribution in [0.15, 0.2) is 0 Å². The summed E-state index contributed by atoms with van der Waals surface area (Å²) in [4.78, 5) is 11.8. The maximum Gasteiger partial charge on any atom is 0.322 e. The van der Waals surface area contributed by atoms with Crippen LogP contribution in [0.1, 0.15) is 13.3 Å². The standard InChI is InChI=1S/C9H13ClN4O2/c1-5-6(3-4-16-5)11-8-12-7(10)13-9(14-8)15-2/h5-6H,3-4H2,1-2H3,(H,11,12,13,14). The molecular weight excluding hydrogens is 232 g/mol. The molecule has 2 rings (SSSR count). The van der Waals surface area contributed by atoms with E-state index in [1.807, 2.05) is 6.92 Å². The second-order valence-electron chi connectivity index (χ2n) is 3.53. The van der Waals surface area contributed by atoms with Crippen LogP contribution >= 0.6 is 11.6 Å². The van der Waals surface area contributed by atoms with Crippen LogP contribution in [0.2, 0.25) is 5.28 Å². The van der Waals surface area contributed by atoms with Gasteiger partial charge >= 0.3 is 6.01 Å². The highest BCUT2D eigenvalue weighted by atomic mass is 35.5. The number of nitrogens with zero attached hydrogens (tertiary/aromatic N) is 3. The smallest absolute Gasteiger partial charge is 0.322 e. The van der Waals surface area contributed by atoms with E-state index >= 15 is 0 Å². The van der Waals surface area contributed by atoms with Crippen molar-refractivity contribution in [2.45, 2.75) is 25.5 Å². The van der Waals surface area contributed by atoms with Gasteiger partial charge in [-0.1, -0.05) is 0 Å². The lowest BCUT2D eigenvalue weighted by Crippen LogP contribution is -2.27. The molecule has 1 fully saturated rings. The van der Waals surface area contributed by atoms with Crippen molar-refractivity contribution in [2.75, 3.05) is 19.0 Å². The Kier molecular flexibility index (Phi) is 3.40. The Bertz CT molecular complexity index is 377. The first-order valence-electron chi connectivity index (χ1n) is 5.02. The molecule has 0 bridgehead atoms. The largest absolute Gasteiger partial charge is 0.467 e. The zero-order valence-electron chi connectivity index (χ0n) is 9.11. The Hall–Kier alpha value is -1.14. The molecule has 0 aliphatic carbocycles. The third-order valence-corrected chi connectivity index (χ3v) is 2.63. The summed E-state index contributed by atoms with van der Waals surface area (Å²) < 4.78 is 10.3. The van der Waals surface area contributed by atoms with Crippen LogP contribution in [0.5, 0.6) is 6.01 Å². The number of hydrogen-bond acceptors (Lipinski definition) is 6. The molecule has 1 aromatic rings. The van der Waals surface area contributed by atoms with Crippen molar-refractivity contribution in [2.24, 2.45) is 0 Å². The van der Waals surface area contributed by atoms with E-state index in [0.717, 1.165) is 13.0 Å². The van der Waals surface area contributed by atoms with Crippen molar-refractivity contribution in [1.29, 1.82) is 0 Å². The van der Waals surface area contributed by atoms with Gasteiger partial charge in [-0.2, -0.15) is 15.0 Å². The molecular formula is C9H13ClN4O2. The first-order valence-corrected chi connectivity index (χ1v) is 5.40. The minimum atomic E-state index is 0.112. The van der Waals surface area contributed by atoms with E-state index in [2.05, 4.69) is 20.3 Å². The van der Waals surface area contributed by atoms with Crippen LogP contribution in [0.25, 0.3) is 0 Å². The summed E-state index contributed by atoms with van der Waals surface area (Å²) in [5.74, 6) is 0.416. The number of nitrogens with one attached hydrogen (secondary N) is 1. The fourth-order valence-corrected chi connectivity index (χ4v) is 1.73. The molecule has 1 aliphatic heterocycles. The fraction of sp³-hybridized carbons (Fsp3) is 0.667. The fourth-order valence-electron chi connectivity index (χ4n) is 1.57. The molecule has 1 aromatic heterocycles. The number of rotatable bonds is 3. The monoisotopic (exact) mass is 244 g/mol. The molecule has 0 spiro atoms. The molecule has 6 nitrogen and oxygen atoms in total. The maximum atomic E-state index is 5.74. The first kappa shape index (κ1) is 11.3. The zero-order chi connectivity index (χ0) is 11.5. The van der Waals surface area contributed by atoms with E-state index in [9.17, 15) is 0 Å². The highest BCUT2D eigenvalue weighted by Crippen LogP contribution is 2.18. The molecule has 0 amide bonds. The Balaban J connectivity index is 2.11.